The minimum Gasteiger partial charge on any atom is -0.344 e. The zero-order chi connectivity index (χ0) is 22.8. The van der Waals surface area contributed by atoms with Crippen LogP contribution < -0.4 is 10.6 Å². The number of rotatable bonds is 11. The average molecular weight is 471 g/mol. The van der Waals surface area contributed by atoms with Gasteiger partial charge in [0, 0.05) is 23.4 Å². The van der Waals surface area contributed by atoms with Crippen LogP contribution in [0.5, 0.6) is 0 Å². The summed E-state index contributed by atoms with van der Waals surface area (Å²) >= 11 is 7.31. The third-order valence-corrected chi connectivity index (χ3v) is 6.04. The smallest absolute Gasteiger partial charge is 0.249 e. The number of hydrogen-bond acceptors (Lipinski definition) is 5. The van der Waals surface area contributed by atoms with E-state index in [9.17, 15) is 9.59 Å². The highest BCUT2D eigenvalue weighted by Crippen LogP contribution is 2.28. The number of anilines is 1. The molecule has 3 rings (SSSR count). The molecule has 0 spiro atoms. The van der Waals surface area contributed by atoms with E-state index in [1.807, 2.05) is 42.5 Å². The fourth-order valence-corrected chi connectivity index (χ4v) is 4.18. The number of amides is 2. The summed E-state index contributed by atoms with van der Waals surface area (Å²) in [5.74, 6) is -0.432. The van der Waals surface area contributed by atoms with E-state index in [4.69, 9.17) is 11.6 Å². The normalized spacial score (nSPS) is 11.7. The predicted molar refractivity (Wildman–Crippen MR) is 130 cm³/mol. The van der Waals surface area contributed by atoms with E-state index < -0.39 is 6.04 Å². The molecule has 168 valence electrons. The second kappa shape index (κ2) is 12.3. The molecule has 2 N–H and O–H groups in total. The monoisotopic (exact) mass is 470 g/mol. The highest BCUT2D eigenvalue weighted by atomic mass is 35.5. The molecule has 1 atom stereocenters. The number of benzene rings is 2. The Kier molecular flexibility index (Phi) is 9.19. The van der Waals surface area contributed by atoms with Crippen molar-refractivity contribution in [2.45, 2.75) is 51.5 Å². The summed E-state index contributed by atoms with van der Waals surface area (Å²) in [6.45, 7) is 2.13. The Labute approximate surface area is 197 Å². The van der Waals surface area contributed by atoms with Crippen LogP contribution in [0.1, 0.15) is 44.6 Å². The van der Waals surface area contributed by atoms with E-state index in [0.717, 1.165) is 36.8 Å². The maximum atomic E-state index is 13.0. The van der Waals surface area contributed by atoms with Crippen LogP contribution in [0.4, 0.5) is 5.13 Å². The number of nitrogens with zero attached hydrogens (tertiary/aromatic N) is 2. The molecule has 1 heterocycles. The van der Waals surface area contributed by atoms with E-state index in [-0.39, 0.29) is 11.8 Å². The van der Waals surface area contributed by atoms with Crippen LogP contribution in [0.2, 0.25) is 5.02 Å². The molecule has 0 aliphatic heterocycles. The molecule has 0 fully saturated rings. The number of carbonyl (C=O) groups excluding carboxylic acids is 2. The lowest BCUT2D eigenvalue weighted by Crippen LogP contribution is -2.45. The summed E-state index contributed by atoms with van der Waals surface area (Å²) in [7, 11) is 0. The van der Waals surface area contributed by atoms with Crippen LogP contribution in [0.25, 0.3) is 10.6 Å². The van der Waals surface area contributed by atoms with Crippen LogP contribution in [0.15, 0.2) is 54.6 Å². The quantitative estimate of drug-likeness (QED) is 0.362. The predicted octanol–water partition coefficient (Wildman–Crippen LogP) is 5.49. The second-order valence-electron chi connectivity index (χ2n) is 7.53. The van der Waals surface area contributed by atoms with Crippen molar-refractivity contribution >= 4 is 39.9 Å². The van der Waals surface area contributed by atoms with E-state index in [1.165, 1.54) is 11.3 Å². The second-order valence-corrected chi connectivity index (χ2v) is 8.95. The van der Waals surface area contributed by atoms with Gasteiger partial charge in [0.1, 0.15) is 11.0 Å². The van der Waals surface area contributed by atoms with E-state index in [0.29, 0.717) is 28.0 Å². The molecule has 1 aromatic heterocycles. The first-order chi connectivity index (χ1) is 15.5. The molecule has 3 aromatic rings. The van der Waals surface area contributed by atoms with Crippen molar-refractivity contribution in [2.24, 2.45) is 0 Å². The van der Waals surface area contributed by atoms with Crippen molar-refractivity contribution in [3.8, 4) is 10.6 Å². The lowest BCUT2D eigenvalue weighted by atomic mass is 10.0. The number of nitrogens with one attached hydrogen (secondary N) is 2. The molecule has 0 aliphatic carbocycles. The third-order valence-electron chi connectivity index (χ3n) is 4.92. The molecule has 2 aromatic carbocycles. The molecule has 0 bridgehead atoms. The zero-order valence-corrected chi connectivity index (χ0v) is 19.6. The molecule has 2 amide bonds. The van der Waals surface area contributed by atoms with Gasteiger partial charge in [-0.2, -0.15) is 0 Å². The van der Waals surface area contributed by atoms with E-state index in [1.54, 1.807) is 12.1 Å². The van der Waals surface area contributed by atoms with Crippen LogP contribution in [0, 0.1) is 0 Å². The maximum Gasteiger partial charge on any atom is 0.249 e. The Balaban J connectivity index is 1.67. The van der Waals surface area contributed by atoms with Crippen LogP contribution in [-0.2, 0) is 16.0 Å². The fraction of sp³-hybridized carbons (Fsp3) is 0.333. The Bertz CT molecular complexity index is 1030. The minimum absolute atomic E-state index is 0.117. The van der Waals surface area contributed by atoms with Gasteiger partial charge >= 0.3 is 0 Å². The molecule has 0 saturated heterocycles. The lowest BCUT2D eigenvalue weighted by molar-refractivity contribution is -0.126. The molecule has 6 nitrogen and oxygen atoms in total. The number of aromatic nitrogens is 2. The fourth-order valence-electron chi connectivity index (χ4n) is 3.24. The molecule has 1 unspecified atom stereocenters. The summed E-state index contributed by atoms with van der Waals surface area (Å²) in [5.41, 5.74) is 1.80. The topological polar surface area (TPSA) is 84.0 Å². The first-order valence-corrected chi connectivity index (χ1v) is 12.0. The van der Waals surface area contributed by atoms with Gasteiger partial charge in [-0.3, -0.25) is 14.9 Å². The largest absolute Gasteiger partial charge is 0.344 e. The molecule has 0 aliphatic rings. The Hall–Kier alpha value is -2.77. The number of carbonyl (C=O) groups is 2. The molecular formula is C24H27ClN4O2S. The molecular weight excluding hydrogens is 444 g/mol. The number of unbranched alkanes of at least 4 members (excludes halogenated alkanes) is 3. The number of hydrogen-bond donors (Lipinski definition) is 2. The lowest BCUT2D eigenvalue weighted by Gasteiger charge is -2.18. The molecule has 0 saturated carbocycles. The van der Waals surface area contributed by atoms with Crippen LogP contribution in [-0.4, -0.2) is 28.1 Å². The highest BCUT2D eigenvalue weighted by molar-refractivity contribution is 7.18. The van der Waals surface area contributed by atoms with Gasteiger partial charge in [-0.25, -0.2) is 0 Å². The van der Waals surface area contributed by atoms with Gasteiger partial charge in [0.05, 0.1) is 0 Å². The van der Waals surface area contributed by atoms with Crippen molar-refractivity contribution < 1.29 is 9.59 Å². The Morgan fingerprint density at radius 3 is 2.59 bits per heavy atom. The van der Waals surface area contributed by atoms with Gasteiger partial charge in [0.15, 0.2) is 0 Å². The molecule has 32 heavy (non-hydrogen) atoms. The molecule has 0 radical (unpaired) electrons. The molecule has 8 heteroatoms. The third kappa shape index (κ3) is 7.43. The maximum absolute atomic E-state index is 13.0. The van der Waals surface area contributed by atoms with Gasteiger partial charge in [-0.05, 0) is 24.1 Å². The minimum atomic E-state index is -0.699. The van der Waals surface area contributed by atoms with E-state index in [2.05, 4.69) is 27.8 Å². The van der Waals surface area contributed by atoms with Gasteiger partial charge in [-0.15, -0.1) is 10.2 Å². The van der Waals surface area contributed by atoms with Crippen LogP contribution in [0.3, 0.4) is 0 Å². The average Bonchev–Trinajstić information content (AvgIpc) is 3.25. The van der Waals surface area contributed by atoms with E-state index >= 15 is 0 Å². The van der Waals surface area contributed by atoms with Crippen molar-refractivity contribution in [3.05, 3.63) is 65.2 Å². The summed E-state index contributed by atoms with van der Waals surface area (Å²) in [6.07, 6.45) is 4.85. The first-order valence-electron chi connectivity index (χ1n) is 10.8. The van der Waals surface area contributed by atoms with Crippen molar-refractivity contribution in [1.29, 1.82) is 0 Å². The van der Waals surface area contributed by atoms with Gasteiger partial charge in [-0.1, -0.05) is 91.6 Å². The standard InChI is InChI=1S/C24H27ClN4O2S/c1-2-3-4-8-14-21(30)26-20(15-17-10-6-5-7-11-17)22(31)27-24-29-28-23(32-24)18-12-9-13-19(25)16-18/h5-7,9-13,16,20H,2-4,8,14-15H2,1H3,(H,26,30)(H,27,29,31). The Morgan fingerprint density at radius 2 is 1.84 bits per heavy atom. The van der Waals surface area contributed by atoms with Crippen molar-refractivity contribution in [1.82, 2.24) is 15.5 Å². The van der Waals surface area contributed by atoms with Gasteiger partial charge in [0.25, 0.3) is 0 Å². The summed E-state index contributed by atoms with van der Waals surface area (Å²) in [5, 5.41) is 15.6. The Morgan fingerprint density at radius 1 is 1.03 bits per heavy atom. The summed E-state index contributed by atoms with van der Waals surface area (Å²) in [6, 6.07) is 16.2. The SMILES string of the molecule is CCCCCCC(=O)NC(Cc1ccccc1)C(=O)Nc1nnc(-c2cccc(Cl)c2)s1. The summed E-state index contributed by atoms with van der Waals surface area (Å²) in [4.78, 5) is 25.5. The van der Waals surface area contributed by atoms with Gasteiger partial charge in [0.2, 0.25) is 16.9 Å². The van der Waals surface area contributed by atoms with Crippen molar-refractivity contribution in [3.63, 3.8) is 0 Å². The van der Waals surface area contributed by atoms with Crippen LogP contribution >= 0.6 is 22.9 Å². The van der Waals surface area contributed by atoms with Crippen molar-refractivity contribution in [2.75, 3.05) is 5.32 Å². The zero-order valence-electron chi connectivity index (χ0n) is 18.0. The highest BCUT2D eigenvalue weighted by Gasteiger charge is 2.22. The first kappa shape index (κ1) is 23.9. The number of halogens is 1. The van der Waals surface area contributed by atoms with Gasteiger partial charge < -0.3 is 5.32 Å². The summed E-state index contributed by atoms with van der Waals surface area (Å²) < 4.78 is 0.